The first-order valence-corrected chi connectivity index (χ1v) is 9.83. The molecular formula is C22H22N2O3S. The Balaban J connectivity index is 1.49. The molecular weight excluding hydrogens is 372 g/mol. The SMILES string of the molecule is O=C1/C(=C/c2ccccc2OCc2ccccc2)NC(=S)N1C[C@@H]1CCCO1. The van der Waals surface area contributed by atoms with E-state index in [1.165, 1.54) is 0 Å². The topological polar surface area (TPSA) is 50.8 Å². The number of rotatable bonds is 6. The van der Waals surface area contributed by atoms with Gasteiger partial charge in [-0.3, -0.25) is 9.69 Å². The van der Waals surface area contributed by atoms with Crippen LogP contribution in [-0.4, -0.2) is 35.2 Å². The summed E-state index contributed by atoms with van der Waals surface area (Å²) in [6, 6.07) is 17.6. The van der Waals surface area contributed by atoms with E-state index in [1.54, 1.807) is 11.0 Å². The molecule has 1 atom stereocenters. The predicted octanol–water partition coefficient (Wildman–Crippen LogP) is 3.50. The van der Waals surface area contributed by atoms with Gasteiger partial charge in [-0.1, -0.05) is 48.5 Å². The number of carbonyl (C=O) groups excluding carboxylic acids is 1. The van der Waals surface area contributed by atoms with E-state index in [4.69, 9.17) is 21.7 Å². The van der Waals surface area contributed by atoms with Crippen molar-refractivity contribution in [3.8, 4) is 5.75 Å². The van der Waals surface area contributed by atoms with Crippen LogP contribution in [0.15, 0.2) is 60.3 Å². The molecule has 2 saturated heterocycles. The van der Waals surface area contributed by atoms with Crippen LogP contribution >= 0.6 is 12.2 Å². The Hall–Kier alpha value is -2.70. The van der Waals surface area contributed by atoms with Gasteiger partial charge in [0, 0.05) is 12.2 Å². The van der Waals surface area contributed by atoms with Crippen LogP contribution in [0.2, 0.25) is 0 Å². The molecule has 5 nitrogen and oxygen atoms in total. The van der Waals surface area contributed by atoms with E-state index in [0.29, 0.717) is 24.0 Å². The number of thiocarbonyl (C=S) groups is 1. The molecule has 28 heavy (non-hydrogen) atoms. The van der Waals surface area contributed by atoms with E-state index in [0.717, 1.165) is 36.3 Å². The van der Waals surface area contributed by atoms with Gasteiger partial charge in [-0.2, -0.15) is 0 Å². The van der Waals surface area contributed by atoms with E-state index in [9.17, 15) is 4.79 Å². The molecule has 0 aromatic heterocycles. The first-order chi connectivity index (χ1) is 13.7. The van der Waals surface area contributed by atoms with Gasteiger partial charge in [0.15, 0.2) is 5.11 Å². The van der Waals surface area contributed by atoms with E-state index >= 15 is 0 Å². The molecule has 2 heterocycles. The van der Waals surface area contributed by atoms with Crippen LogP contribution in [0.1, 0.15) is 24.0 Å². The van der Waals surface area contributed by atoms with Crippen molar-refractivity contribution >= 4 is 29.3 Å². The number of para-hydroxylation sites is 1. The van der Waals surface area contributed by atoms with Crippen molar-refractivity contribution in [1.82, 2.24) is 10.2 Å². The molecule has 6 heteroatoms. The molecule has 0 unspecified atom stereocenters. The highest BCUT2D eigenvalue weighted by Crippen LogP contribution is 2.24. The maximum Gasteiger partial charge on any atom is 0.276 e. The van der Waals surface area contributed by atoms with Gasteiger partial charge in [-0.15, -0.1) is 0 Å². The van der Waals surface area contributed by atoms with E-state index in [-0.39, 0.29) is 12.0 Å². The fourth-order valence-electron chi connectivity index (χ4n) is 3.35. The number of nitrogens with one attached hydrogen (secondary N) is 1. The van der Waals surface area contributed by atoms with Crippen LogP contribution in [0.25, 0.3) is 6.08 Å². The lowest BCUT2D eigenvalue weighted by Gasteiger charge is -2.18. The van der Waals surface area contributed by atoms with Crippen LogP contribution in [-0.2, 0) is 16.1 Å². The first kappa shape index (κ1) is 18.7. The summed E-state index contributed by atoms with van der Waals surface area (Å²) in [5, 5.41) is 3.46. The minimum Gasteiger partial charge on any atom is -0.488 e. The van der Waals surface area contributed by atoms with E-state index in [1.807, 2.05) is 54.6 Å². The van der Waals surface area contributed by atoms with E-state index < -0.39 is 0 Å². The predicted molar refractivity (Wildman–Crippen MR) is 112 cm³/mol. The van der Waals surface area contributed by atoms with Gasteiger partial charge in [0.05, 0.1) is 12.6 Å². The average Bonchev–Trinajstić information content (AvgIpc) is 3.32. The van der Waals surface area contributed by atoms with Gasteiger partial charge in [0.1, 0.15) is 18.1 Å². The Labute approximate surface area is 169 Å². The van der Waals surface area contributed by atoms with Crippen molar-refractivity contribution in [2.75, 3.05) is 13.2 Å². The van der Waals surface area contributed by atoms with Crippen molar-refractivity contribution in [3.63, 3.8) is 0 Å². The molecule has 2 aromatic rings. The van der Waals surface area contributed by atoms with Crippen LogP contribution in [0, 0.1) is 0 Å². The highest BCUT2D eigenvalue weighted by atomic mass is 32.1. The van der Waals surface area contributed by atoms with Crippen molar-refractivity contribution < 1.29 is 14.3 Å². The third-order valence-corrected chi connectivity index (χ3v) is 5.15. The van der Waals surface area contributed by atoms with Gasteiger partial charge < -0.3 is 14.8 Å². The van der Waals surface area contributed by atoms with Gasteiger partial charge in [0.25, 0.3) is 5.91 Å². The Morgan fingerprint density at radius 3 is 2.75 bits per heavy atom. The van der Waals surface area contributed by atoms with Crippen LogP contribution in [0.3, 0.4) is 0 Å². The number of carbonyl (C=O) groups is 1. The molecule has 4 rings (SSSR count). The Kier molecular flexibility index (Phi) is 5.69. The molecule has 2 aliphatic rings. The highest BCUT2D eigenvalue weighted by molar-refractivity contribution is 7.80. The minimum absolute atomic E-state index is 0.0598. The second kappa shape index (κ2) is 8.54. The number of nitrogens with zero attached hydrogens (tertiary/aromatic N) is 1. The molecule has 2 aromatic carbocycles. The minimum atomic E-state index is -0.127. The summed E-state index contributed by atoms with van der Waals surface area (Å²) in [5.74, 6) is 0.593. The molecule has 1 amide bonds. The van der Waals surface area contributed by atoms with Gasteiger partial charge in [0.2, 0.25) is 0 Å². The molecule has 0 bridgehead atoms. The summed E-state index contributed by atoms with van der Waals surface area (Å²) >= 11 is 5.36. The molecule has 1 N–H and O–H groups in total. The standard InChI is InChI=1S/C22H22N2O3S/c25-21-19(23-22(28)24(21)14-18-10-6-12-26-18)13-17-9-4-5-11-20(17)27-15-16-7-2-1-3-8-16/h1-5,7-9,11,13,18H,6,10,12,14-15H2,(H,23,28)/b19-13-/t18-/m0/s1. The number of ether oxygens (including phenoxy) is 2. The largest absolute Gasteiger partial charge is 0.488 e. The normalized spacial score (nSPS) is 20.6. The second-order valence-electron chi connectivity index (χ2n) is 6.85. The number of hydrogen-bond acceptors (Lipinski definition) is 4. The quantitative estimate of drug-likeness (QED) is 0.600. The van der Waals surface area contributed by atoms with Crippen molar-refractivity contribution in [2.45, 2.75) is 25.6 Å². The summed E-state index contributed by atoms with van der Waals surface area (Å²) in [5.41, 5.74) is 2.37. The maximum atomic E-state index is 12.8. The van der Waals surface area contributed by atoms with Crippen molar-refractivity contribution in [2.24, 2.45) is 0 Å². The fourth-order valence-corrected chi connectivity index (χ4v) is 3.62. The lowest BCUT2D eigenvalue weighted by Crippen LogP contribution is -2.37. The molecule has 0 spiro atoms. The third-order valence-electron chi connectivity index (χ3n) is 4.83. The number of hydrogen-bond donors (Lipinski definition) is 1. The zero-order valence-corrected chi connectivity index (χ0v) is 16.3. The van der Waals surface area contributed by atoms with E-state index in [2.05, 4.69) is 5.32 Å². The Bertz CT molecular complexity index is 892. The Morgan fingerprint density at radius 1 is 1.18 bits per heavy atom. The molecule has 2 aliphatic heterocycles. The summed E-state index contributed by atoms with van der Waals surface area (Å²) in [4.78, 5) is 14.4. The van der Waals surface area contributed by atoms with Crippen molar-refractivity contribution in [3.05, 3.63) is 71.4 Å². The third kappa shape index (κ3) is 4.24. The van der Waals surface area contributed by atoms with Crippen LogP contribution < -0.4 is 10.1 Å². The van der Waals surface area contributed by atoms with Crippen LogP contribution in [0.4, 0.5) is 0 Å². The maximum absolute atomic E-state index is 12.8. The van der Waals surface area contributed by atoms with Gasteiger partial charge in [-0.05, 0) is 42.8 Å². The average molecular weight is 394 g/mol. The monoisotopic (exact) mass is 394 g/mol. The molecule has 2 fully saturated rings. The second-order valence-corrected chi connectivity index (χ2v) is 7.24. The number of amides is 1. The first-order valence-electron chi connectivity index (χ1n) is 9.42. The summed E-state index contributed by atoms with van der Waals surface area (Å²) < 4.78 is 11.6. The molecule has 0 radical (unpaired) electrons. The zero-order valence-electron chi connectivity index (χ0n) is 15.5. The summed E-state index contributed by atoms with van der Waals surface area (Å²) in [7, 11) is 0. The summed E-state index contributed by atoms with van der Waals surface area (Å²) in [6.45, 7) is 1.71. The lowest BCUT2D eigenvalue weighted by atomic mass is 10.1. The summed E-state index contributed by atoms with van der Waals surface area (Å²) in [6.07, 6.45) is 3.85. The van der Waals surface area contributed by atoms with Gasteiger partial charge >= 0.3 is 0 Å². The lowest BCUT2D eigenvalue weighted by molar-refractivity contribution is -0.123. The molecule has 144 valence electrons. The zero-order chi connectivity index (χ0) is 19.3. The highest BCUT2D eigenvalue weighted by Gasteiger charge is 2.33. The van der Waals surface area contributed by atoms with Crippen molar-refractivity contribution in [1.29, 1.82) is 0 Å². The Morgan fingerprint density at radius 2 is 1.96 bits per heavy atom. The molecule has 0 saturated carbocycles. The fraction of sp³-hybridized carbons (Fsp3) is 0.273. The molecule has 0 aliphatic carbocycles. The smallest absolute Gasteiger partial charge is 0.276 e. The van der Waals surface area contributed by atoms with Gasteiger partial charge in [-0.25, -0.2) is 0 Å². The number of benzene rings is 2. The van der Waals surface area contributed by atoms with Crippen LogP contribution in [0.5, 0.6) is 5.75 Å².